The Kier molecular flexibility index (Phi) is 11.3. The van der Waals surface area contributed by atoms with Gasteiger partial charge in [0.15, 0.2) is 0 Å². The minimum absolute atomic E-state index is 0.0839. The highest BCUT2D eigenvalue weighted by Gasteiger charge is 2.37. The van der Waals surface area contributed by atoms with Crippen LogP contribution >= 0.6 is 34.8 Å². The zero-order valence-electron chi connectivity index (χ0n) is 24.2. The average Bonchev–Trinajstić information content (AvgIpc) is 3.00. The van der Waals surface area contributed by atoms with Crippen LogP contribution < -0.4 is 9.62 Å². The Balaban J connectivity index is 1.77. The minimum Gasteiger partial charge on any atom is -0.352 e. The highest BCUT2D eigenvalue weighted by atomic mass is 35.5. The van der Waals surface area contributed by atoms with Crippen LogP contribution in [0.1, 0.15) is 50.2 Å². The third kappa shape index (κ3) is 8.44. The number of halogens is 6. The van der Waals surface area contributed by atoms with Crippen molar-refractivity contribution in [2.45, 2.75) is 68.7 Å². The van der Waals surface area contributed by atoms with Crippen molar-refractivity contribution in [1.29, 1.82) is 0 Å². The maximum Gasteiger partial charge on any atom is 0.417 e. The zero-order valence-corrected chi connectivity index (χ0v) is 27.2. The number of rotatable bonds is 10. The van der Waals surface area contributed by atoms with Gasteiger partial charge in [0.25, 0.3) is 10.0 Å². The van der Waals surface area contributed by atoms with Gasteiger partial charge in [-0.1, -0.05) is 78.3 Å². The first kappa shape index (κ1) is 34.9. The Labute approximate surface area is 275 Å². The third-order valence-electron chi connectivity index (χ3n) is 7.66. The normalized spacial score (nSPS) is 14.9. The van der Waals surface area contributed by atoms with Crippen molar-refractivity contribution in [3.05, 3.63) is 92.9 Å². The second kappa shape index (κ2) is 14.6. The van der Waals surface area contributed by atoms with E-state index in [1.54, 1.807) is 24.3 Å². The van der Waals surface area contributed by atoms with Gasteiger partial charge >= 0.3 is 6.18 Å². The molecule has 3 aromatic rings. The Hall–Kier alpha value is -2.99. The second-order valence-corrected chi connectivity index (χ2v) is 13.8. The molecule has 0 spiro atoms. The number of hydrogen-bond acceptors (Lipinski definition) is 4. The molecule has 1 N–H and O–H groups in total. The molecule has 1 aliphatic rings. The van der Waals surface area contributed by atoms with Gasteiger partial charge in [0.05, 0.1) is 21.2 Å². The quantitative estimate of drug-likeness (QED) is 0.234. The minimum atomic E-state index is -4.90. The number of hydrogen-bond donors (Lipinski definition) is 1. The van der Waals surface area contributed by atoms with Crippen molar-refractivity contribution in [3.8, 4) is 0 Å². The van der Waals surface area contributed by atoms with Gasteiger partial charge in [-0.25, -0.2) is 8.42 Å². The van der Waals surface area contributed by atoms with E-state index in [9.17, 15) is 31.2 Å². The molecule has 0 saturated heterocycles. The molecule has 0 aliphatic heterocycles. The molecule has 0 bridgehead atoms. The van der Waals surface area contributed by atoms with Gasteiger partial charge in [0.1, 0.15) is 12.6 Å². The monoisotopic (exact) mass is 703 g/mol. The van der Waals surface area contributed by atoms with Gasteiger partial charge in [0.2, 0.25) is 11.8 Å². The van der Waals surface area contributed by atoms with Gasteiger partial charge < -0.3 is 10.2 Å². The zero-order chi connectivity index (χ0) is 32.9. The first-order chi connectivity index (χ1) is 21.2. The topological polar surface area (TPSA) is 86.8 Å². The molecule has 0 aromatic heterocycles. The molecule has 4 rings (SSSR count). The standard InChI is InChI=1S/C31H31Cl3F3N3O4S/c1-20(30(42)38-21-9-4-2-5-10-21)39(18-24-26(32)13-8-14-27(24)33)29(41)19-40(45(43,44)23-11-6-3-7-12-23)22-15-16-28(34)25(17-22)31(35,36)37/h3,6-8,11-17,20-21H,2,4-5,9-10,18-19H2,1H3,(H,38,42). The van der Waals surface area contributed by atoms with Crippen molar-refractivity contribution < 1.29 is 31.2 Å². The molecule has 1 fully saturated rings. The molecule has 1 atom stereocenters. The molecule has 0 radical (unpaired) electrons. The van der Waals surface area contributed by atoms with Crippen LogP contribution in [0.3, 0.4) is 0 Å². The largest absolute Gasteiger partial charge is 0.417 e. The molecule has 1 unspecified atom stereocenters. The Morgan fingerprint density at radius 1 is 0.911 bits per heavy atom. The summed E-state index contributed by atoms with van der Waals surface area (Å²) in [4.78, 5) is 28.4. The van der Waals surface area contributed by atoms with Crippen molar-refractivity contribution >= 4 is 62.3 Å². The lowest BCUT2D eigenvalue weighted by Crippen LogP contribution is -2.53. The summed E-state index contributed by atoms with van der Waals surface area (Å²) in [5, 5.41) is 2.75. The molecule has 45 heavy (non-hydrogen) atoms. The highest BCUT2D eigenvalue weighted by Crippen LogP contribution is 2.38. The maximum absolute atomic E-state index is 14.1. The number of carbonyl (C=O) groups is 2. The van der Waals surface area contributed by atoms with Crippen LogP contribution in [0, 0.1) is 0 Å². The van der Waals surface area contributed by atoms with Crippen LogP contribution in [0.4, 0.5) is 18.9 Å². The number of amides is 2. The van der Waals surface area contributed by atoms with E-state index in [2.05, 4.69) is 5.32 Å². The fourth-order valence-electron chi connectivity index (χ4n) is 5.14. The van der Waals surface area contributed by atoms with Crippen LogP contribution in [-0.4, -0.2) is 43.8 Å². The lowest BCUT2D eigenvalue weighted by atomic mass is 9.95. The van der Waals surface area contributed by atoms with Crippen molar-refractivity contribution in [1.82, 2.24) is 10.2 Å². The van der Waals surface area contributed by atoms with Crippen LogP contribution in [0.5, 0.6) is 0 Å². The predicted octanol–water partition coefficient (Wildman–Crippen LogP) is 7.73. The van der Waals surface area contributed by atoms with Crippen molar-refractivity contribution in [2.75, 3.05) is 10.8 Å². The highest BCUT2D eigenvalue weighted by molar-refractivity contribution is 7.92. The number of alkyl halides is 3. The van der Waals surface area contributed by atoms with Crippen molar-refractivity contribution in [3.63, 3.8) is 0 Å². The molecule has 1 saturated carbocycles. The molecule has 0 heterocycles. The van der Waals surface area contributed by atoms with Crippen LogP contribution in [0.15, 0.2) is 71.6 Å². The van der Waals surface area contributed by atoms with Crippen LogP contribution in [0.25, 0.3) is 0 Å². The van der Waals surface area contributed by atoms with E-state index in [1.807, 2.05) is 0 Å². The molecular formula is C31H31Cl3F3N3O4S. The lowest BCUT2D eigenvalue weighted by molar-refractivity contribution is -0.139. The van der Waals surface area contributed by atoms with Gasteiger partial charge in [-0.2, -0.15) is 13.2 Å². The summed E-state index contributed by atoms with van der Waals surface area (Å²) in [5.41, 5.74) is -1.41. The number of carbonyl (C=O) groups excluding carboxylic acids is 2. The Bertz CT molecular complexity index is 1620. The first-order valence-corrected chi connectivity index (χ1v) is 16.7. The third-order valence-corrected chi connectivity index (χ3v) is 10.5. The summed E-state index contributed by atoms with van der Waals surface area (Å²) in [6.45, 7) is 0.268. The lowest BCUT2D eigenvalue weighted by Gasteiger charge is -2.33. The summed E-state index contributed by atoms with van der Waals surface area (Å²) in [6.07, 6.45) is -0.384. The maximum atomic E-state index is 14.1. The summed E-state index contributed by atoms with van der Waals surface area (Å²) in [5.74, 6) is -1.35. The smallest absolute Gasteiger partial charge is 0.352 e. The van der Waals surface area contributed by atoms with Crippen LogP contribution in [-0.2, 0) is 32.3 Å². The fourth-order valence-corrected chi connectivity index (χ4v) is 7.31. The SMILES string of the molecule is CC(C(=O)NC1CCCCC1)N(Cc1c(Cl)cccc1Cl)C(=O)CN(c1ccc(Cl)c(C(F)(F)F)c1)S(=O)(=O)c1ccccc1. The molecular weight excluding hydrogens is 674 g/mol. The average molecular weight is 705 g/mol. The summed E-state index contributed by atoms with van der Waals surface area (Å²) in [7, 11) is -4.59. The van der Waals surface area contributed by atoms with Gasteiger partial charge in [-0.15, -0.1) is 0 Å². The fraction of sp³-hybridized carbons (Fsp3) is 0.355. The number of anilines is 1. The number of nitrogens with one attached hydrogen (secondary N) is 1. The molecule has 242 valence electrons. The van der Waals surface area contributed by atoms with Gasteiger partial charge in [-0.3, -0.25) is 13.9 Å². The Morgan fingerprint density at radius 2 is 1.53 bits per heavy atom. The van der Waals surface area contributed by atoms with E-state index >= 15 is 0 Å². The number of sulfonamides is 1. The summed E-state index contributed by atoms with van der Waals surface area (Å²) >= 11 is 18.6. The van der Waals surface area contributed by atoms with Gasteiger partial charge in [0, 0.05) is 28.2 Å². The second-order valence-electron chi connectivity index (χ2n) is 10.7. The van der Waals surface area contributed by atoms with Crippen molar-refractivity contribution in [2.24, 2.45) is 0 Å². The molecule has 2 amide bonds. The molecule has 14 heteroatoms. The molecule has 3 aromatic carbocycles. The molecule has 7 nitrogen and oxygen atoms in total. The molecule has 1 aliphatic carbocycles. The first-order valence-electron chi connectivity index (χ1n) is 14.2. The predicted molar refractivity (Wildman–Crippen MR) is 169 cm³/mol. The Morgan fingerprint density at radius 3 is 2.13 bits per heavy atom. The van der Waals surface area contributed by atoms with E-state index < -0.39 is 56.9 Å². The van der Waals surface area contributed by atoms with E-state index in [1.165, 1.54) is 31.2 Å². The van der Waals surface area contributed by atoms with E-state index in [0.717, 1.165) is 49.1 Å². The summed E-state index contributed by atoms with van der Waals surface area (Å²) in [6, 6.07) is 13.1. The summed E-state index contributed by atoms with van der Waals surface area (Å²) < 4.78 is 69.8. The van der Waals surface area contributed by atoms with E-state index in [0.29, 0.717) is 15.9 Å². The van der Waals surface area contributed by atoms with Gasteiger partial charge in [-0.05, 0) is 62.2 Å². The number of benzene rings is 3. The van der Waals surface area contributed by atoms with E-state index in [4.69, 9.17) is 34.8 Å². The van der Waals surface area contributed by atoms with Crippen LogP contribution in [0.2, 0.25) is 15.1 Å². The number of nitrogens with zero attached hydrogens (tertiary/aromatic N) is 2. The van der Waals surface area contributed by atoms with E-state index in [-0.39, 0.29) is 27.5 Å².